The molecule has 5 nitrogen and oxygen atoms in total. The van der Waals surface area contributed by atoms with Crippen LogP contribution < -0.4 is 0 Å². The summed E-state index contributed by atoms with van der Waals surface area (Å²) in [5.74, 6) is -0.838. The van der Waals surface area contributed by atoms with Gasteiger partial charge in [-0.3, -0.25) is 4.79 Å². The monoisotopic (exact) mass is 310 g/mol. The number of carbonyl (C=O) groups is 2. The van der Waals surface area contributed by atoms with Gasteiger partial charge in [0.15, 0.2) is 12.4 Å². The van der Waals surface area contributed by atoms with Crippen LogP contribution in [-0.4, -0.2) is 23.5 Å². The van der Waals surface area contributed by atoms with Crippen LogP contribution in [0.1, 0.15) is 26.5 Å². The van der Waals surface area contributed by atoms with Crippen molar-refractivity contribution in [3.8, 4) is 0 Å². The Morgan fingerprint density at radius 2 is 1.78 bits per heavy atom. The molecule has 0 atom stereocenters. The average Bonchev–Trinajstić information content (AvgIpc) is 3.03. The van der Waals surface area contributed by atoms with Crippen LogP contribution in [0, 0.1) is 0 Å². The number of ether oxygens (including phenoxy) is 1. The van der Waals surface area contributed by atoms with Crippen molar-refractivity contribution in [2.75, 3.05) is 6.61 Å². The van der Waals surface area contributed by atoms with Gasteiger partial charge >= 0.3 is 5.97 Å². The molecule has 1 heterocycles. The van der Waals surface area contributed by atoms with Crippen LogP contribution >= 0.6 is 0 Å². The molecule has 116 valence electrons. The van der Waals surface area contributed by atoms with Gasteiger partial charge in [0.25, 0.3) is 0 Å². The molecule has 0 radical (unpaired) electrons. The molecule has 23 heavy (non-hydrogen) atoms. The highest BCUT2D eigenvalue weighted by atomic mass is 16.5. The molecule has 1 N–H and O–H groups in total. The molecule has 0 saturated heterocycles. The topological polar surface area (TPSA) is 76.7 Å². The second kappa shape index (κ2) is 6.46. The zero-order valence-electron chi connectivity index (χ0n) is 12.2. The molecule has 0 aliphatic rings. The van der Waals surface area contributed by atoms with Crippen LogP contribution in [0.25, 0.3) is 11.0 Å². The van der Waals surface area contributed by atoms with Crippen molar-refractivity contribution < 1.29 is 23.8 Å². The Hall–Kier alpha value is -2.92. The van der Waals surface area contributed by atoms with E-state index in [2.05, 4.69) is 0 Å². The Morgan fingerprint density at radius 1 is 1.04 bits per heavy atom. The van der Waals surface area contributed by atoms with E-state index >= 15 is 0 Å². The molecule has 5 heteroatoms. The van der Waals surface area contributed by atoms with Crippen LogP contribution in [0.4, 0.5) is 0 Å². The van der Waals surface area contributed by atoms with Crippen molar-refractivity contribution in [3.05, 3.63) is 71.5 Å². The predicted octanol–water partition coefficient (Wildman–Crippen LogP) is 2.96. The quantitative estimate of drug-likeness (QED) is 0.579. The summed E-state index contributed by atoms with van der Waals surface area (Å²) in [4.78, 5) is 23.9. The number of hydrogen-bond donors (Lipinski definition) is 1. The average molecular weight is 310 g/mol. The molecule has 1 aromatic heterocycles. The molecule has 0 bridgehead atoms. The predicted molar refractivity (Wildman–Crippen MR) is 83.2 cm³/mol. The van der Waals surface area contributed by atoms with Crippen molar-refractivity contribution >= 4 is 22.7 Å². The molecule has 2 aromatic carbocycles. The van der Waals surface area contributed by atoms with Gasteiger partial charge in [-0.05, 0) is 29.8 Å². The number of carbonyl (C=O) groups excluding carboxylic acids is 2. The zero-order valence-corrected chi connectivity index (χ0v) is 12.2. The van der Waals surface area contributed by atoms with E-state index in [4.69, 9.17) is 14.3 Å². The first-order valence-electron chi connectivity index (χ1n) is 7.06. The summed E-state index contributed by atoms with van der Waals surface area (Å²) in [7, 11) is 0. The summed E-state index contributed by atoms with van der Waals surface area (Å²) < 4.78 is 10.4. The Bertz CT molecular complexity index is 812. The van der Waals surface area contributed by atoms with E-state index in [0.717, 1.165) is 5.39 Å². The molecule has 3 rings (SSSR count). The Balaban J connectivity index is 1.64. The minimum absolute atomic E-state index is 0.0974. The van der Waals surface area contributed by atoms with Crippen LogP contribution in [-0.2, 0) is 11.3 Å². The van der Waals surface area contributed by atoms with Gasteiger partial charge in [-0.2, -0.15) is 0 Å². The highest BCUT2D eigenvalue weighted by Crippen LogP contribution is 2.19. The van der Waals surface area contributed by atoms with E-state index in [1.165, 1.54) is 0 Å². The van der Waals surface area contributed by atoms with E-state index in [1.54, 1.807) is 36.4 Å². The molecule has 3 aromatic rings. The number of furan rings is 1. The van der Waals surface area contributed by atoms with Gasteiger partial charge in [-0.15, -0.1) is 0 Å². The number of benzene rings is 2. The van der Waals surface area contributed by atoms with Gasteiger partial charge in [-0.25, -0.2) is 4.79 Å². The summed E-state index contributed by atoms with van der Waals surface area (Å²) in [5, 5.41) is 9.78. The third-order valence-electron chi connectivity index (χ3n) is 3.41. The number of hydrogen-bond acceptors (Lipinski definition) is 5. The number of rotatable bonds is 5. The van der Waals surface area contributed by atoms with Crippen LogP contribution in [0.15, 0.2) is 59.0 Å². The van der Waals surface area contributed by atoms with Crippen LogP contribution in [0.3, 0.4) is 0 Å². The lowest BCUT2D eigenvalue weighted by Crippen LogP contribution is -2.13. The van der Waals surface area contributed by atoms with Gasteiger partial charge in [0, 0.05) is 5.39 Å². The lowest BCUT2D eigenvalue weighted by atomic mass is 10.1. The molecule has 0 amide bonds. The maximum absolute atomic E-state index is 12.0. The largest absolute Gasteiger partial charge is 0.454 e. The summed E-state index contributed by atoms with van der Waals surface area (Å²) in [6.07, 6.45) is 0. The van der Waals surface area contributed by atoms with Gasteiger partial charge in [-0.1, -0.05) is 30.3 Å². The van der Waals surface area contributed by atoms with Crippen molar-refractivity contribution in [1.82, 2.24) is 0 Å². The van der Waals surface area contributed by atoms with Gasteiger partial charge in [0.2, 0.25) is 5.78 Å². The van der Waals surface area contributed by atoms with E-state index in [9.17, 15) is 9.59 Å². The number of aliphatic hydroxyl groups is 1. The van der Waals surface area contributed by atoms with Gasteiger partial charge in [0.1, 0.15) is 5.58 Å². The van der Waals surface area contributed by atoms with E-state index < -0.39 is 11.8 Å². The molecular formula is C18H14O5. The minimum Gasteiger partial charge on any atom is -0.454 e. The number of esters is 1. The molecule has 0 fully saturated rings. The lowest BCUT2D eigenvalue weighted by molar-refractivity contribution is 0.0468. The van der Waals surface area contributed by atoms with Crippen LogP contribution in [0.5, 0.6) is 0 Å². The van der Waals surface area contributed by atoms with Gasteiger partial charge < -0.3 is 14.3 Å². The molecule has 0 aliphatic heterocycles. The number of para-hydroxylation sites is 1. The Labute approximate surface area is 132 Å². The number of fused-ring (bicyclic) bond motifs is 1. The molecule has 0 saturated carbocycles. The SMILES string of the molecule is O=C(OCC(=O)c1cc2ccccc2o1)c1ccc(CO)cc1. The fourth-order valence-corrected chi connectivity index (χ4v) is 2.15. The fraction of sp³-hybridized carbons (Fsp3) is 0.111. The number of ketones is 1. The van der Waals surface area contributed by atoms with E-state index in [-0.39, 0.29) is 19.0 Å². The van der Waals surface area contributed by atoms with E-state index in [1.807, 2.05) is 18.2 Å². The number of Topliss-reactive ketones (excluding diaryl/α,β-unsaturated/α-hetero) is 1. The third-order valence-corrected chi connectivity index (χ3v) is 3.41. The first kappa shape index (κ1) is 15.0. The molecular weight excluding hydrogens is 296 g/mol. The van der Waals surface area contributed by atoms with Crippen molar-refractivity contribution in [2.45, 2.75) is 6.61 Å². The maximum Gasteiger partial charge on any atom is 0.338 e. The molecule has 0 spiro atoms. The van der Waals surface area contributed by atoms with Gasteiger partial charge in [0.05, 0.1) is 12.2 Å². The van der Waals surface area contributed by atoms with Crippen molar-refractivity contribution in [3.63, 3.8) is 0 Å². The third kappa shape index (κ3) is 3.30. The maximum atomic E-state index is 12.0. The highest BCUT2D eigenvalue weighted by molar-refractivity contribution is 6.00. The van der Waals surface area contributed by atoms with E-state index in [0.29, 0.717) is 16.7 Å². The molecule has 0 aliphatic carbocycles. The first-order valence-corrected chi connectivity index (χ1v) is 7.06. The second-order valence-corrected chi connectivity index (χ2v) is 5.00. The van der Waals surface area contributed by atoms with Crippen molar-refractivity contribution in [1.29, 1.82) is 0 Å². The smallest absolute Gasteiger partial charge is 0.338 e. The second-order valence-electron chi connectivity index (χ2n) is 5.00. The highest BCUT2D eigenvalue weighted by Gasteiger charge is 2.15. The normalized spacial score (nSPS) is 10.7. The van der Waals surface area contributed by atoms with Crippen molar-refractivity contribution in [2.24, 2.45) is 0 Å². The summed E-state index contributed by atoms with van der Waals surface area (Å²) >= 11 is 0. The Morgan fingerprint density at radius 3 is 2.48 bits per heavy atom. The minimum atomic E-state index is -0.598. The van der Waals surface area contributed by atoms with Crippen LogP contribution in [0.2, 0.25) is 0 Å². The lowest BCUT2D eigenvalue weighted by Gasteiger charge is -2.03. The fourth-order valence-electron chi connectivity index (χ4n) is 2.15. The summed E-state index contributed by atoms with van der Waals surface area (Å²) in [6, 6.07) is 15.2. The summed E-state index contributed by atoms with van der Waals surface area (Å²) in [6.45, 7) is -0.486. The Kier molecular flexibility index (Phi) is 4.21. The molecule has 0 unspecified atom stereocenters. The number of aliphatic hydroxyl groups excluding tert-OH is 1. The first-order chi connectivity index (χ1) is 11.2. The zero-order chi connectivity index (χ0) is 16.2. The standard InChI is InChI=1S/C18H14O5/c19-10-12-5-7-13(8-6-12)18(21)22-11-15(20)17-9-14-3-1-2-4-16(14)23-17/h1-9,19H,10-11H2. The summed E-state index contributed by atoms with van der Waals surface area (Å²) in [5.41, 5.74) is 1.63.